The van der Waals surface area contributed by atoms with Gasteiger partial charge in [-0.2, -0.15) is 0 Å². The van der Waals surface area contributed by atoms with Crippen molar-refractivity contribution in [3.05, 3.63) is 69.7 Å². The van der Waals surface area contributed by atoms with Crippen molar-refractivity contribution in [1.29, 1.82) is 0 Å². The van der Waals surface area contributed by atoms with E-state index in [2.05, 4.69) is 60.6 Å². The molecule has 37 heavy (non-hydrogen) atoms. The normalized spacial score (nSPS) is 19.1. The highest BCUT2D eigenvalue weighted by Crippen LogP contribution is 2.24. The minimum absolute atomic E-state index is 0.0147. The number of carbonyl (C=O) groups excluding carboxylic acids is 2. The molecule has 1 heterocycles. The van der Waals surface area contributed by atoms with Crippen LogP contribution < -0.4 is 10.6 Å². The number of amides is 2. The lowest BCUT2D eigenvalue weighted by Gasteiger charge is -2.29. The molecule has 1 aliphatic rings. The second-order valence-corrected chi connectivity index (χ2v) is 10.5. The number of nitrogens with zero attached hydrogens (tertiary/aromatic N) is 2. The standard InChI is InChI=1S/C29H40Cl2N4O2/c1-4-21(22-10-8-7-9-11-22)20-35-17-14-24(33-27(29(35)37)15-16-34(5-2)6-3)19-32-28(36)23-12-13-25(30)26(31)18-23/h7-13,18,21,24,27,33H,4-6,14-17,19-20H2,1-3H3,(H,32,36)/t21-,24+,27+/m1/s1. The Morgan fingerprint density at radius 1 is 1.11 bits per heavy atom. The molecule has 1 fully saturated rings. The monoisotopic (exact) mass is 546 g/mol. The second-order valence-electron chi connectivity index (χ2n) is 9.66. The van der Waals surface area contributed by atoms with Gasteiger partial charge in [0.05, 0.1) is 16.1 Å². The quantitative estimate of drug-likeness (QED) is 0.383. The SMILES string of the molecule is CC[C@H](CN1CC[C@@H](CNC(=O)c2ccc(Cl)c(Cl)c2)N[C@@H](CCN(CC)CC)C1=O)c1ccccc1. The highest BCUT2D eigenvalue weighted by Gasteiger charge is 2.32. The molecule has 0 bridgehead atoms. The molecule has 2 aromatic carbocycles. The van der Waals surface area contributed by atoms with Crippen molar-refractivity contribution in [2.24, 2.45) is 0 Å². The van der Waals surface area contributed by atoms with Crippen LogP contribution >= 0.6 is 23.2 Å². The van der Waals surface area contributed by atoms with Crippen molar-refractivity contribution in [2.45, 2.75) is 58.0 Å². The summed E-state index contributed by atoms with van der Waals surface area (Å²) in [6.07, 6.45) is 2.46. The first-order chi connectivity index (χ1) is 17.9. The Hall–Kier alpha value is -2.12. The van der Waals surface area contributed by atoms with E-state index in [-0.39, 0.29) is 23.9 Å². The van der Waals surface area contributed by atoms with E-state index in [0.717, 1.165) is 38.9 Å². The minimum Gasteiger partial charge on any atom is -0.350 e. The summed E-state index contributed by atoms with van der Waals surface area (Å²) in [5.41, 5.74) is 1.73. The maximum Gasteiger partial charge on any atom is 0.251 e. The first-order valence-corrected chi connectivity index (χ1v) is 14.2. The summed E-state index contributed by atoms with van der Waals surface area (Å²) in [5.74, 6) is 0.238. The third-order valence-corrected chi connectivity index (χ3v) is 8.06. The fourth-order valence-electron chi connectivity index (χ4n) is 4.90. The Labute approximate surface area is 231 Å². The fraction of sp³-hybridized carbons (Fsp3) is 0.517. The Morgan fingerprint density at radius 3 is 2.49 bits per heavy atom. The zero-order chi connectivity index (χ0) is 26.8. The Bertz CT molecular complexity index is 1020. The molecule has 2 amide bonds. The van der Waals surface area contributed by atoms with Crippen molar-refractivity contribution >= 4 is 35.0 Å². The maximum atomic E-state index is 13.7. The summed E-state index contributed by atoms with van der Waals surface area (Å²) in [6.45, 7) is 11.0. The zero-order valence-corrected chi connectivity index (χ0v) is 23.7. The Kier molecular flexibility index (Phi) is 11.7. The van der Waals surface area contributed by atoms with E-state index in [0.29, 0.717) is 41.2 Å². The fourth-order valence-corrected chi connectivity index (χ4v) is 5.20. The van der Waals surface area contributed by atoms with Crippen molar-refractivity contribution in [3.63, 3.8) is 0 Å². The van der Waals surface area contributed by atoms with Gasteiger partial charge in [0.1, 0.15) is 0 Å². The topological polar surface area (TPSA) is 64.7 Å². The summed E-state index contributed by atoms with van der Waals surface area (Å²) in [6, 6.07) is 15.0. The number of halogens is 2. The van der Waals surface area contributed by atoms with Crippen LogP contribution in [-0.2, 0) is 4.79 Å². The summed E-state index contributed by atoms with van der Waals surface area (Å²) in [7, 11) is 0. The molecule has 0 aliphatic carbocycles. The third kappa shape index (κ3) is 8.44. The van der Waals surface area contributed by atoms with Crippen molar-refractivity contribution in [1.82, 2.24) is 20.4 Å². The smallest absolute Gasteiger partial charge is 0.251 e. The van der Waals surface area contributed by atoms with Gasteiger partial charge < -0.3 is 20.4 Å². The molecule has 6 nitrogen and oxygen atoms in total. The van der Waals surface area contributed by atoms with Crippen LogP contribution in [0.15, 0.2) is 48.5 Å². The van der Waals surface area contributed by atoms with E-state index >= 15 is 0 Å². The Balaban J connectivity index is 1.70. The molecule has 0 spiro atoms. The van der Waals surface area contributed by atoms with Gasteiger partial charge in [0.2, 0.25) is 5.91 Å². The van der Waals surface area contributed by atoms with E-state index in [1.165, 1.54) is 5.56 Å². The molecule has 0 aromatic heterocycles. The zero-order valence-electron chi connectivity index (χ0n) is 22.2. The molecule has 0 saturated carbocycles. The molecule has 8 heteroatoms. The molecule has 3 atom stereocenters. The van der Waals surface area contributed by atoms with E-state index in [1.54, 1.807) is 18.2 Å². The number of benzene rings is 2. The number of carbonyl (C=O) groups is 2. The molecule has 0 unspecified atom stereocenters. The van der Waals surface area contributed by atoms with E-state index in [1.807, 2.05) is 11.0 Å². The van der Waals surface area contributed by atoms with Crippen LogP contribution in [0.25, 0.3) is 0 Å². The number of nitrogens with one attached hydrogen (secondary N) is 2. The lowest BCUT2D eigenvalue weighted by molar-refractivity contribution is -0.133. The molecule has 3 rings (SSSR count). The first-order valence-electron chi connectivity index (χ1n) is 13.4. The summed E-state index contributed by atoms with van der Waals surface area (Å²) >= 11 is 12.1. The third-order valence-electron chi connectivity index (χ3n) is 7.32. The molecular formula is C29H40Cl2N4O2. The first kappa shape index (κ1) is 29.4. The molecule has 1 saturated heterocycles. The maximum absolute atomic E-state index is 13.7. The van der Waals surface area contributed by atoms with Gasteiger partial charge in [-0.3, -0.25) is 9.59 Å². The van der Waals surface area contributed by atoms with E-state index < -0.39 is 0 Å². The molecular weight excluding hydrogens is 507 g/mol. The summed E-state index contributed by atoms with van der Waals surface area (Å²) in [5, 5.41) is 7.36. The van der Waals surface area contributed by atoms with Crippen molar-refractivity contribution in [3.8, 4) is 0 Å². The van der Waals surface area contributed by atoms with Crippen LogP contribution in [0, 0.1) is 0 Å². The van der Waals surface area contributed by atoms with Gasteiger partial charge in [0.15, 0.2) is 0 Å². The summed E-state index contributed by atoms with van der Waals surface area (Å²) < 4.78 is 0. The van der Waals surface area contributed by atoms with E-state index in [9.17, 15) is 9.59 Å². The van der Waals surface area contributed by atoms with Crippen molar-refractivity contribution < 1.29 is 9.59 Å². The van der Waals surface area contributed by atoms with Gasteiger partial charge in [-0.25, -0.2) is 0 Å². The average molecular weight is 548 g/mol. The molecule has 1 aliphatic heterocycles. The molecule has 2 N–H and O–H groups in total. The van der Waals surface area contributed by atoms with Crippen LogP contribution in [0.1, 0.15) is 61.9 Å². The van der Waals surface area contributed by atoms with Gasteiger partial charge in [0.25, 0.3) is 5.91 Å². The minimum atomic E-state index is -0.289. The van der Waals surface area contributed by atoms with Gasteiger partial charge in [-0.05, 0) is 56.1 Å². The van der Waals surface area contributed by atoms with Gasteiger partial charge in [-0.1, -0.05) is 74.3 Å². The molecule has 2 aromatic rings. The van der Waals surface area contributed by atoms with Crippen molar-refractivity contribution in [2.75, 3.05) is 39.3 Å². The predicted molar refractivity (Wildman–Crippen MR) is 153 cm³/mol. The van der Waals surface area contributed by atoms with Gasteiger partial charge in [-0.15, -0.1) is 0 Å². The number of hydrogen-bond acceptors (Lipinski definition) is 4. The lowest BCUT2D eigenvalue weighted by Crippen LogP contribution is -2.50. The summed E-state index contributed by atoms with van der Waals surface area (Å²) in [4.78, 5) is 30.8. The molecule has 0 radical (unpaired) electrons. The molecule has 202 valence electrons. The van der Waals surface area contributed by atoms with E-state index in [4.69, 9.17) is 23.2 Å². The lowest BCUT2D eigenvalue weighted by atomic mass is 9.95. The Morgan fingerprint density at radius 2 is 1.84 bits per heavy atom. The predicted octanol–water partition coefficient (Wildman–Crippen LogP) is 5.21. The largest absolute Gasteiger partial charge is 0.350 e. The highest BCUT2D eigenvalue weighted by molar-refractivity contribution is 6.42. The van der Waals surface area contributed by atoms with Crippen LogP contribution in [0.5, 0.6) is 0 Å². The average Bonchev–Trinajstić information content (AvgIpc) is 3.06. The van der Waals surface area contributed by atoms with Crippen LogP contribution in [0.3, 0.4) is 0 Å². The number of rotatable bonds is 12. The van der Waals surface area contributed by atoms with Gasteiger partial charge >= 0.3 is 0 Å². The van der Waals surface area contributed by atoms with Crippen LogP contribution in [0.4, 0.5) is 0 Å². The second kappa shape index (κ2) is 14.7. The number of hydrogen-bond donors (Lipinski definition) is 2. The van der Waals surface area contributed by atoms with Crippen LogP contribution in [-0.4, -0.2) is 73.0 Å². The highest BCUT2D eigenvalue weighted by atomic mass is 35.5. The van der Waals surface area contributed by atoms with Gasteiger partial charge in [0, 0.05) is 43.7 Å². The van der Waals surface area contributed by atoms with Crippen LogP contribution in [0.2, 0.25) is 10.0 Å².